The maximum absolute atomic E-state index is 10.3. The second-order valence-corrected chi connectivity index (χ2v) is 2.39. The first kappa shape index (κ1) is 8.04. The Kier molecular flexibility index (Phi) is 3.99. The molecule has 0 rings (SSSR count). The molecule has 48 valence electrons. The predicted molar refractivity (Wildman–Crippen MR) is 33.6 cm³/mol. The summed E-state index contributed by atoms with van der Waals surface area (Å²) in [5.74, 6) is 0. The van der Waals surface area contributed by atoms with Gasteiger partial charge in [-0.3, -0.25) is 0 Å². The summed E-state index contributed by atoms with van der Waals surface area (Å²) >= 11 is 7.75. The number of nitrogens with zero attached hydrogens (tertiary/aromatic N) is 1. The van der Waals surface area contributed by atoms with E-state index in [1.165, 1.54) is 0 Å². The maximum atomic E-state index is 10.3. The summed E-state index contributed by atoms with van der Waals surface area (Å²) in [6.45, 7) is 2.03. The van der Waals surface area contributed by atoms with Crippen LogP contribution in [0.5, 0.6) is 0 Å². The second kappa shape index (κ2) is 3.97. The summed E-state index contributed by atoms with van der Waals surface area (Å²) in [4.78, 5) is 10.3. The molecule has 0 radical (unpaired) electrons. The average Bonchev–Trinajstić information content (AvgIpc) is 1.67. The molecule has 0 spiro atoms. The summed E-state index contributed by atoms with van der Waals surface area (Å²) in [6.07, 6.45) is -0.603. The van der Waals surface area contributed by atoms with Crippen LogP contribution in [-0.4, -0.2) is 16.1 Å². The van der Waals surface area contributed by atoms with Gasteiger partial charge in [-0.05, 0) is 6.92 Å². The van der Waals surface area contributed by atoms with Gasteiger partial charge in [0, 0.05) is 11.8 Å². The predicted octanol–water partition coefficient (Wildman–Crippen LogP) is 1.91. The number of amides is 1. The third kappa shape index (κ3) is 3.10. The van der Waals surface area contributed by atoms with Gasteiger partial charge in [-0.2, -0.15) is 0 Å². The van der Waals surface area contributed by atoms with E-state index in [-0.39, 0.29) is 0 Å². The summed E-state index contributed by atoms with van der Waals surface area (Å²) in [5, 5.41) is 0. The average molecular weight is 202 g/mol. The van der Waals surface area contributed by atoms with Crippen molar-refractivity contribution in [2.75, 3.05) is 6.61 Å². The maximum Gasteiger partial charge on any atom is 0.435 e. The molecular weight excluding hydrogens is 197 g/mol. The monoisotopic (exact) mass is 201 g/mol. The minimum atomic E-state index is -0.603. The van der Waals surface area contributed by atoms with E-state index < -0.39 is 6.09 Å². The number of hydrogen-bond donors (Lipinski definition) is 0. The SMILES string of the molecule is CCOC(=O)N(Cl)Br. The number of carbonyl (C=O) groups is 1. The highest BCUT2D eigenvalue weighted by Crippen LogP contribution is 2.03. The minimum absolute atomic E-state index is 0.327. The Morgan fingerprint density at radius 3 is 2.62 bits per heavy atom. The van der Waals surface area contributed by atoms with Gasteiger partial charge < -0.3 is 4.74 Å². The molecule has 0 atom stereocenters. The number of ether oxygens (including phenoxy) is 1. The fourth-order valence-electron chi connectivity index (χ4n) is 0.172. The van der Waals surface area contributed by atoms with Gasteiger partial charge in [-0.15, -0.1) is 3.45 Å². The van der Waals surface area contributed by atoms with Gasteiger partial charge in [0.05, 0.1) is 22.8 Å². The Morgan fingerprint density at radius 1 is 2.00 bits per heavy atom. The van der Waals surface area contributed by atoms with Crippen LogP contribution in [0.2, 0.25) is 0 Å². The standard InChI is InChI=1S/C3H5BrClNO2/c1-2-8-3(7)6(4)5/h2H2,1H3. The van der Waals surface area contributed by atoms with Crippen molar-refractivity contribution in [2.24, 2.45) is 0 Å². The molecule has 0 fully saturated rings. The zero-order valence-electron chi connectivity index (χ0n) is 4.23. The molecule has 0 aromatic carbocycles. The number of hydrogen-bond acceptors (Lipinski definition) is 2. The highest BCUT2D eigenvalue weighted by molar-refractivity contribution is 9.08. The van der Waals surface area contributed by atoms with E-state index in [1.807, 2.05) is 0 Å². The Balaban J connectivity index is 3.33. The normalized spacial score (nSPS) is 8.38. The Labute approximate surface area is 61.0 Å². The smallest absolute Gasteiger partial charge is 0.435 e. The second-order valence-electron chi connectivity index (χ2n) is 0.932. The summed E-state index contributed by atoms with van der Waals surface area (Å²) in [6, 6.07) is 0. The number of rotatable bonds is 1. The molecule has 0 unspecified atom stereocenters. The first-order valence-electron chi connectivity index (χ1n) is 1.97. The van der Waals surface area contributed by atoms with Crippen LogP contribution in [0.4, 0.5) is 4.79 Å². The van der Waals surface area contributed by atoms with Crippen LogP contribution in [0.25, 0.3) is 0 Å². The molecule has 0 aliphatic heterocycles. The Morgan fingerprint density at radius 2 is 2.50 bits per heavy atom. The molecule has 3 nitrogen and oxygen atoms in total. The fraction of sp³-hybridized carbons (Fsp3) is 0.667. The molecular formula is C3H5BrClNO2. The first-order chi connectivity index (χ1) is 3.68. The number of halogens is 2. The lowest BCUT2D eigenvalue weighted by Crippen LogP contribution is -2.11. The molecule has 0 aliphatic rings. The third-order valence-electron chi connectivity index (χ3n) is 0.406. The highest BCUT2D eigenvalue weighted by atomic mass is 79.9. The molecule has 1 amide bonds. The van der Waals surface area contributed by atoms with Gasteiger partial charge in [0.15, 0.2) is 0 Å². The van der Waals surface area contributed by atoms with E-state index in [9.17, 15) is 4.79 Å². The van der Waals surface area contributed by atoms with Gasteiger partial charge in [-0.1, -0.05) is 0 Å². The fourth-order valence-corrected chi connectivity index (χ4v) is 0.323. The molecule has 0 heterocycles. The van der Waals surface area contributed by atoms with Crippen LogP contribution in [0.15, 0.2) is 0 Å². The van der Waals surface area contributed by atoms with Crippen LogP contribution in [0.1, 0.15) is 6.92 Å². The van der Waals surface area contributed by atoms with E-state index in [1.54, 1.807) is 6.92 Å². The summed E-state index contributed by atoms with van der Waals surface area (Å²) < 4.78 is 5.09. The molecule has 0 bridgehead atoms. The van der Waals surface area contributed by atoms with Gasteiger partial charge in [-0.25, -0.2) is 4.79 Å². The van der Waals surface area contributed by atoms with Crippen LogP contribution in [0.3, 0.4) is 0 Å². The van der Waals surface area contributed by atoms with E-state index in [2.05, 4.69) is 20.9 Å². The zero-order valence-corrected chi connectivity index (χ0v) is 6.57. The lowest BCUT2D eigenvalue weighted by atomic mass is 10.9. The molecule has 0 N–H and O–H groups in total. The van der Waals surface area contributed by atoms with Crippen LogP contribution in [0, 0.1) is 0 Å². The topological polar surface area (TPSA) is 29.5 Å². The number of carbonyl (C=O) groups excluding carboxylic acids is 1. The van der Waals surface area contributed by atoms with Crippen molar-refractivity contribution < 1.29 is 9.53 Å². The molecule has 0 saturated heterocycles. The van der Waals surface area contributed by atoms with Crippen molar-refractivity contribution in [3.8, 4) is 0 Å². The first-order valence-corrected chi connectivity index (χ1v) is 3.01. The third-order valence-corrected chi connectivity index (χ3v) is 0.833. The molecule has 8 heavy (non-hydrogen) atoms. The molecule has 0 aliphatic carbocycles. The molecule has 5 heteroatoms. The van der Waals surface area contributed by atoms with Crippen molar-refractivity contribution >= 4 is 34.0 Å². The van der Waals surface area contributed by atoms with Crippen molar-refractivity contribution in [3.05, 3.63) is 0 Å². The Hall–Kier alpha value is 0.0400. The largest absolute Gasteiger partial charge is 0.448 e. The lowest BCUT2D eigenvalue weighted by molar-refractivity contribution is 0.148. The van der Waals surface area contributed by atoms with Gasteiger partial charge in [0.25, 0.3) is 0 Å². The summed E-state index contributed by atoms with van der Waals surface area (Å²) in [7, 11) is 0. The van der Waals surface area contributed by atoms with Crippen LogP contribution >= 0.6 is 27.9 Å². The van der Waals surface area contributed by atoms with Crippen LogP contribution in [-0.2, 0) is 4.74 Å². The van der Waals surface area contributed by atoms with E-state index in [4.69, 9.17) is 11.8 Å². The zero-order chi connectivity index (χ0) is 6.57. The Bertz CT molecular complexity index is 87.4. The van der Waals surface area contributed by atoms with E-state index in [0.717, 1.165) is 0 Å². The lowest BCUT2D eigenvalue weighted by Gasteiger charge is -2.01. The quantitative estimate of drug-likeness (QED) is 0.608. The summed E-state index contributed by atoms with van der Waals surface area (Å²) in [5.41, 5.74) is 0. The molecule has 0 aromatic heterocycles. The van der Waals surface area contributed by atoms with Gasteiger partial charge in [0.1, 0.15) is 0 Å². The molecule has 0 aromatic rings. The van der Waals surface area contributed by atoms with Crippen LogP contribution < -0.4 is 0 Å². The van der Waals surface area contributed by atoms with E-state index in [0.29, 0.717) is 10.1 Å². The highest BCUT2D eigenvalue weighted by Gasteiger charge is 2.05. The van der Waals surface area contributed by atoms with Crippen molar-refractivity contribution in [2.45, 2.75) is 6.92 Å². The molecule has 0 saturated carbocycles. The van der Waals surface area contributed by atoms with E-state index >= 15 is 0 Å². The van der Waals surface area contributed by atoms with Gasteiger partial charge in [0.2, 0.25) is 0 Å². The van der Waals surface area contributed by atoms with Crippen molar-refractivity contribution in [1.82, 2.24) is 3.45 Å². The van der Waals surface area contributed by atoms with Gasteiger partial charge >= 0.3 is 6.09 Å². The van der Waals surface area contributed by atoms with Crippen molar-refractivity contribution in [1.29, 1.82) is 0 Å². The van der Waals surface area contributed by atoms with Crippen molar-refractivity contribution in [3.63, 3.8) is 0 Å². The minimum Gasteiger partial charge on any atom is -0.448 e.